The lowest BCUT2D eigenvalue weighted by Crippen LogP contribution is -2.18. The molecule has 0 heterocycles. The molecule has 1 unspecified atom stereocenters. The Hall–Kier alpha value is -1.94. The normalized spacial score (nSPS) is 12.2. The van der Waals surface area contributed by atoms with Crippen molar-refractivity contribution in [3.05, 3.63) is 64.7 Å². The molecular formula is C17H19F2NO. The van der Waals surface area contributed by atoms with E-state index in [1.54, 1.807) is 25.1 Å². The quantitative estimate of drug-likeness (QED) is 0.894. The summed E-state index contributed by atoms with van der Waals surface area (Å²) in [4.78, 5) is 0. The molecule has 1 N–H and O–H groups in total. The highest BCUT2D eigenvalue weighted by atomic mass is 19.1. The van der Waals surface area contributed by atoms with Crippen molar-refractivity contribution in [2.45, 2.75) is 26.4 Å². The maximum Gasteiger partial charge on any atom is 0.165 e. The van der Waals surface area contributed by atoms with Gasteiger partial charge < -0.3 is 10.1 Å². The average Bonchev–Trinajstić information content (AvgIpc) is 2.47. The van der Waals surface area contributed by atoms with E-state index >= 15 is 0 Å². The molecule has 2 aromatic rings. The monoisotopic (exact) mass is 291 g/mol. The van der Waals surface area contributed by atoms with Crippen molar-refractivity contribution in [3.8, 4) is 5.75 Å². The molecule has 0 aromatic heterocycles. The second kappa shape index (κ2) is 6.68. The summed E-state index contributed by atoms with van der Waals surface area (Å²) in [6, 6.07) is 10.0. The Morgan fingerprint density at radius 2 is 1.86 bits per heavy atom. The van der Waals surface area contributed by atoms with Crippen LogP contribution in [0.15, 0.2) is 36.4 Å². The van der Waals surface area contributed by atoms with Crippen molar-refractivity contribution in [2.75, 3.05) is 7.11 Å². The number of rotatable bonds is 5. The van der Waals surface area contributed by atoms with Gasteiger partial charge in [0.1, 0.15) is 5.82 Å². The zero-order valence-corrected chi connectivity index (χ0v) is 12.4. The molecule has 0 aliphatic heterocycles. The number of benzene rings is 2. The fourth-order valence-corrected chi connectivity index (χ4v) is 2.09. The summed E-state index contributed by atoms with van der Waals surface area (Å²) in [7, 11) is 1.43. The van der Waals surface area contributed by atoms with E-state index in [2.05, 4.69) is 5.32 Å². The smallest absolute Gasteiger partial charge is 0.165 e. The molecule has 0 aliphatic carbocycles. The standard InChI is InChI=1S/C17H19F2NO/c1-11-4-6-14(9-15(11)18)12(2)20-10-13-5-7-17(21-3)16(19)8-13/h4-9,12,20H,10H2,1-3H3. The van der Waals surface area contributed by atoms with Gasteiger partial charge in [-0.15, -0.1) is 0 Å². The number of ether oxygens (including phenoxy) is 1. The van der Waals surface area contributed by atoms with E-state index in [1.807, 2.05) is 13.0 Å². The highest BCUT2D eigenvalue weighted by molar-refractivity contribution is 5.30. The molecule has 0 saturated heterocycles. The molecule has 0 aliphatic rings. The summed E-state index contributed by atoms with van der Waals surface area (Å²) >= 11 is 0. The molecule has 2 nitrogen and oxygen atoms in total. The van der Waals surface area contributed by atoms with Crippen LogP contribution in [0.3, 0.4) is 0 Å². The number of hydrogen-bond donors (Lipinski definition) is 1. The van der Waals surface area contributed by atoms with E-state index in [4.69, 9.17) is 4.74 Å². The van der Waals surface area contributed by atoms with Crippen LogP contribution in [0.2, 0.25) is 0 Å². The summed E-state index contributed by atoms with van der Waals surface area (Å²) in [6.07, 6.45) is 0. The molecule has 0 bridgehead atoms. The Labute approximate surface area is 123 Å². The highest BCUT2D eigenvalue weighted by Gasteiger charge is 2.08. The molecular weight excluding hydrogens is 272 g/mol. The topological polar surface area (TPSA) is 21.3 Å². The molecule has 0 radical (unpaired) electrons. The van der Waals surface area contributed by atoms with Crippen LogP contribution in [-0.4, -0.2) is 7.11 Å². The van der Waals surface area contributed by atoms with E-state index in [9.17, 15) is 8.78 Å². The van der Waals surface area contributed by atoms with Crippen LogP contribution in [0.25, 0.3) is 0 Å². The fourth-order valence-electron chi connectivity index (χ4n) is 2.09. The molecule has 112 valence electrons. The van der Waals surface area contributed by atoms with Crippen molar-refractivity contribution in [3.63, 3.8) is 0 Å². The van der Waals surface area contributed by atoms with Gasteiger partial charge in [-0.25, -0.2) is 8.78 Å². The van der Waals surface area contributed by atoms with Gasteiger partial charge in [-0.1, -0.05) is 18.2 Å². The van der Waals surface area contributed by atoms with Crippen LogP contribution in [0, 0.1) is 18.6 Å². The van der Waals surface area contributed by atoms with Crippen LogP contribution in [0.4, 0.5) is 8.78 Å². The van der Waals surface area contributed by atoms with E-state index in [0.29, 0.717) is 12.1 Å². The number of hydrogen-bond acceptors (Lipinski definition) is 2. The minimum atomic E-state index is -0.383. The predicted octanol–water partition coefficient (Wildman–Crippen LogP) is 4.13. The average molecular weight is 291 g/mol. The van der Waals surface area contributed by atoms with Crippen molar-refractivity contribution in [1.29, 1.82) is 0 Å². The number of halogens is 2. The molecule has 2 aromatic carbocycles. The first-order valence-corrected chi connectivity index (χ1v) is 6.83. The summed E-state index contributed by atoms with van der Waals surface area (Å²) in [6.45, 7) is 4.18. The summed E-state index contributed by atoms with van der Waals surface area (Å²) in [5.41, 5.74) is 2.31. The second-order valence-electron chi connectivity index (χ2n) is 5.08. The molecule has 0 spiro atoms. The third kappa shape index (κ3) is 3.79. The molecule has 4 heteroatoms. The first-order valence-electron chi connectivity index (χ1n) is 6.83. The van der Waals surface area contributed by atoms with Gasteiger partial charge in [0.25, 0.3) is 0 Å². The lowest BCUT2D eigenvalue weighted by molar-refractivity contribution is 0.386. The van der Waals surface area contributed by atoms with Crippen molar-refractivity contribution < 1.29 is 13.5 Å². The minimum Gasteiger partial charge on any atom is -0.494 e. The lowest BCUT2D eigenvalue weighted by Gasteiger charge is -2.15. The van der Waals surface area contributed by atoms with Gasteiger partial charge in [0.05, 0.1) is 7.11 Å². The van der Waals surface area contributed by atoms with Crippen LogP contribution < -0.4 is 10.1 Å². The van der Waals surface area contributed by atoms with Gasteiger partial charge in [0, 0.05) is 12.6 Å². The van der Waals surface area contributed by atoms with Crippen LogP contribution in [0.1, 0.15) is 29.7 Å². The van der Waals surface area contributed by atoms with Crippen molar-refractivity contribution in [1.82, 2.24) is 5.32 Å². The molecule has 2 rings (SSSR count). The summed E-state index contributed by atoms with van der Waals surface area (Å²) in [5, 5.41) is 3.25. The van der Waals surface area contributed by atoms with Gasteiger partial charge in [0.2, 0.25) is 0 Å². The molecule has 0 saturated carbocycles. The fraction of sp³-hybridized carbons (Fsp3) is 0.294. The van der Waals surface area contributed by atoms with E-state index in [0.717, 1.165) is 11.1 Å². The first kappa shape index (κ1) is 15.4. The Morgan fingerprint density at radius 1 is 1.10 bits per heavy atom. The molecule has 0 fully saturated rings. The summed E-state index contributed by atoms with van der Waals surface area (Å²) in [5.74, 6) is -0.366. The SMILES string of the molecule is COc1ccc(CNC(C)c2ccc(C)c(F)c2)cc1F. The molecule has 1 atom stereocenters. The second-order valence-corrected chi connectivity index (χ2v) is 5.08. The van der Waals surface area contributed by atoms with Crippen LogP contribution >= 0.6 is 0 Å². The number of nitrogens with one attached hydrogen (secondary N) is 1. The van der Waals surface area contributed by atoms with Gasteiger partial charge in [-0.05, 0) is 48.7 Å². The zero-order chi connectivity index (χ0) is 15.4. The third-order valence-corrected chi connectivity index (χ3v) is 3.52. The first-order chi connectivity index (χ1) is 10.0. The molecule has 21 heavy (non-hydrogen) atoms. The van der Waals surface area contributed by atoms with Gasteiger partial charge in [-0.2, -0.15) is 0 Å². The highest BCUT2D eigenvalue weighted by Crippen LogP contribution is 2.19. The molecule has 0 amide bonds. The third-order valence-electron chi connectivity index (χ3n) is 3.52. The predicted molar refractivity (Wildman–Crippen MR) is 79.3 cm³/mol. The van der Waals surface area contributed by atoms with E-state index in [-0.39, 0.29) is 23.4 Å². The Morgan fingerprint density at radius 3 is 2.48 bits per heavy atom. The number of aryl methyl sites for hydroxylation is 1. The van der Waals surface area contributed by atoms with E-state index < -0.39 is 0 Å². The lowest BCUT2D eigenvalue weighted by atomic mass is 10.1. The van der Waals surface area contributed by atoms with Crippen LogP contribution in [-0.2, 0) is 6.54 Å². The summed E-state index contributed by atoms with van der Waals surface area (Å²) < 4.78 is 32.0. The Balaban J connectivity index is 2.01. The minimum absolute atomic E-state index is 0.0229. The van der Waals surface area contributed by atoms with Crippen LogP contribution in [0.5, 0.6) is 5.75 Å². The van der Waals surface area contributed by atoms with E-state index in [1.165, 1.54) is 19.2 Å². The van der Waals surface area contributed by atoms with Gasteiger partial charge in [-0.3, -0.25) is 0 Å². The van der Waals surface area contributed by atoms with Gasteiger partial charge in [0.15, 0.2) is 11.6 Å². The van der Waals surface area contributed by atoms with Crippen molar-refractivity contribution in [2.24, 2.45) is 0 Å². The zero-order valence-electron chi connectivity index (χ0n) is 12.4. The maximum atomic E-state index is 13.6. The number of methoxy groups -OCH3 is 1. The Bertz CT molecular complexity index is 628. The Kier molecular flexibility index (Phi) is 4.91. The van der Waals surface area contributed by atoms with Gasteiger partial charge >= 0.3 is 0 Å². The van der Waals surface area contributed by atoms with Crippen molar-refractivity contribution >= 4 is 0 Å². The largest absolute Gasteiger partial charge is 0.494 e. The maximum absolute atomic E-state index is 13.6.